The van der Waals surface area contributed by atoms with Gasteiger partial charge in [-0.1, -0.05) is 115 Å². The zero-order valence-corrected chi connectivity index (χ0v) is 20.2. The molecule has 0 radical (unpaired) electrons. The van der Waals surface area contributed by atoms with Crippen LogP contribution in [0.25, 0.3) is 32.8 Å². The van der Waals surface area contributed by atoms with E-state index in [2.05, 4.69) is 114 Å². The molecule has 35 heavy (non-hydrogen) atoms. The van der Waals surface area contributed by atoms with Crippen LogP contribution in [0.1, 0.15) is 0 Å². The highest BCUT2D eigenvalue weighted by molar-refractivity contribution is 7.80. The third-order valence-electron chi connectivity index (χ3n) is 6.26. The van der Waals surface area contributed by atoms with Gasteiger partial charge in [-0.3, -0.25) is 0 Å². The summed E-state index contributed by atoms with van der Waals surface area (Å²) in [4.78, 5) is 0. The topological polar surface area (TPSA) is 35.0 Å². The first kappa shape index (κ1) is 21.5. The van der Waals surface area contributed by atoms with Gasteiger partial charge in [0.25, 0.3) is 0 Å². The van der Waals surface area contributed by atoms with Gasteiger partial charge in [0.1, 0.15) is 5.69 Å². The molecule has 0 saturated heterocycles. The fourth-order valence-corrected chi connectivity index (χ4v) is 7.16. The summed E-state index contributed by atoms with van der Waals surface area (Å²) >= 11 is 0. The monoisotopic (exact) mass is 470 g/mol. The smallest absolute Gasteiger partial charge is 0.241 e. The lowest BCUT2D eigenvalue weighted by molar-refractivity contribution is 0.398. The summed E-state index contributed by atoms with van der Waals surface area (Å²) in [5.74, 6) is 0.541. The first-order chi connectivity index (χ1) is 17.3. The van der Waals surface area contributed by atoms with Gasteiger partial charge >= 0.3 is 0 Å². The number of hydrogen-bond acceptors (Lipinski definition) is 3. The Balaban J connectivity index is 1.73. The van der Waals surface area contributed by atoms with Gasteiger partial charge in [0.2, 0.25) is 5.88 Å². The third-order valence-corrected chi connectivity index (χ3v) is 8.74. The Kier molecular flexibility index (Phi) is 5.70. The summed E-state index contributed by atoms with van der Waals surface area (Å²) in [6, 6.07) is 42.8. The molecule has 0 unspecified atom stereocenters. The minimum absolute atomic E-state index is 0.541. The van der Waals surface area contributed by atoms with Crippen molar-refractivity contribution >= 4 is 45.4 Å². The number of rotatable bonds is 5. The van der Waals surface area contributed by atoms with Crippen molar-refractivity contribution < 1.29 is 4.74 Å². The lowest BCUT2D eigenvalue weighted by Crippen LogP contribution is -2.22. The minimum atomic E-state index is -0.829. The van der Waals surface area contributed by atoms with Crippen molar-refractivity contribution in [3.05, 3.63) is 121 Å². The molecule has 5 aromatic carbocycles. The zero-order valence-electron chi connectivity index (χ0n) is 19.3. The summed E-state index contributed by atoms with van der Waals surface area (Å²) in [5.41, 5.74) is 2.01. The number of ether oxygens (including phenoxy) is 1. The van der Waals surface area contributed by atoms with Gasteiger partial charge in [-0.2, -0.15) is 0 Å². The van der Waals surface area contributed by atoms with Gasteiger partial charge in [0.15, 0.2) is 0 Å². The number of aromatic nitrogens is 2. The molecule has 6 rings (SSSR count). The van der Waals surface area contributed by atoms with E-state index in [1.54, 1.807) is 7.11 Å². The lowest BCUT2D eigenvalue weighted by Gasteiger charge is -2.24. The number of nitrogens with zero attached hydrogens (tertiary/aromatic N) is 2. The quantitative estimate of drug-likeness (QED) is 0.281. The molecule has 0 atom stereocenters. The fraction of sp³-hybridized carbons (Fsp3) is 0.0323. The molecule has 0 aliphatic carbocycles. The van der Waals surface area contributed by atoms with Crippen LogP contribution < -0.4 is 20.7 Å². The highest BCUT2D eigenvalue weighted by Gasteiger charge is 2.24. The van der Waals surface area contributed by atoms with Crippen LogP contribution in [0.2, 0.25) is 0 Å². The average Bonchev–Trinajstić information content (AvgIpc) is 2.94. The molecule has 1 heterocycles. The molecule has 1 aromatic heterocycles. The SMILES string of the molecule is COc1nnc(-c2c(P(c3ccccc3)c3ccccc3)ccc3ccccc23)c2ccccc12. The molecule has 0 spiro atoms. The van der Waals surface area contributed by atoms with Crippen molar-refractivity contribution in [3.63, 3.8) is 0 Å². The van der Waals surface area contributed by atoms with Gasteiger partial charge in [-0.15, -0.1) is 10.2 Å². The van der Waals surface area contributed by atoms with Crippen molar-refractivity contribution in [1.29, 1.82) is 0 Å². The van der Waals surface area contributed by atoms with Gasteiger partial charge in [-0.25, -0.2) is 0 Å². The van der Waals surface area contributed by atoms with Crippen LogP contribution in [-0.4, -0.2) is 17.3 Å². The van der Waals surface area contributed by atoms with Crippen molar-refractivity contribution in [3.8, 4) is 17.1 Å². The van der Waals surface area contributed by atoms with Crippen LogP contribution in [0.4, 0.5) is 0 Å². The molecule has 168 valence electrons. The fourth-order valence-electron chi connectivity index (χ4n) is 4.69. The molecular formula is C31H23N2OP. The maximum atomic E-state index is 5.55. The highest BCUT2D eigenvalue weighted by Crippen LogP contribution is 2.41. The number of hydrogen-bond donors (Lipinski definition) is 0. The van der Waals surface area contributed by atoms with Gasteiger partial charge in [0.05, 0.1) is 7.11 Å². The molecule has 0 aliphatic rings. The van der Waals surface area contributed by atoms with E-state index in [1.807, 2.05) is 12.1 Å². The first-order valence-corrected chi connectivity index (χ1v) is 12.9. The van der Waals surface area contributed by atoms with Gasteiger partial charge < -0.3 is 4.74 Å². The minimum Gasteiger partial charge on any atom is -0.479 e. The third kappa shape index (κ3) is 3.84. The van der Waals surface area contributed by atoms with Crippen molar-refractivity contribution in [2.24, 2.45) is 0 Å². The van der Waals surface area contributed by atoms with Crippen LogP contribution in [-0.2, 0) is 0 Å². The summed E-state index contributed by atoms with van der Waals surface area (Å²) < 4.78 is 5.55. The Morgan fingerprint density at radius 3 is 1.77 bits per heavy atom. The molecule has 6 aromatic rings. The van der Waals surface area contributed by atoms with E-state index in [-0.39, 0.29) is 0 Å². The maximum absolute atomic E-state index is 5.55. The largest absolute Gasteiger partial charge is 0.479 e. The molecular weight excluding hydrogens is 447 g/mol. The molecule has 4 heteroatoms. The Morgan fingerprint density at radius 1 is 0.543 bits per heavy atom. The second kappa shape index (κ2) is 9.29. The molecule has 0 amide bonds. The highest BCUT2D eigenvalue weighted by atomic mass is 31.1. The summed E-state index contributed by atoms with van der Waals surface area (Å²) in [5, 5.41) is 17.5. The summed E-state index contributed by atoms with van der Waals surface area (Å²) in [6.45, 7) is 0. The predicted molar refractivity (Wildman–Crippen MR) is 148 cm³/mol. The number of fused-ring (bicyclic) bond motifs is 2. The Labute approximate surface area is 205 Å². The van der Waals surface area contributed by atoms with Crippen LogP contribution in [0.3, 0.4) is 0 Å². The Morgan fingerprint density at radius 2 is 1.11 bits per heavy atom. The van der Waals surface area contributed by atoms with Crippen molar-refractivity contribution in [2.75, 3.05) is 7.11 Å². The number of methoxy groups -OCH3 is 1. The summed E-state index contributed by atoms with van der Waals surface area (Å²) in [6.07, 6.45) is 0. The number of benzene rings is 5. The summed E-state index contributed by atoms with van der Waals surface area (Å²) in [7, 11) is 0.813. The van der Waals surface area contributed by atoms with Gasteiger partial charge in [-0.05, 0) is 40.7 Å². The molecule has 0 bridgehead atoms. The van der Waals surface area contributed by atoms with Crippen LogP contribution in [0.15, 0.2) is 121 Å². The molecule has 0 saturated carbocycles. The Bertz CT molecular complexity index is 1600. The van der Waals surface area contributed by atoms with E-state index in [4.69, 9.17) is 9.84 Å². The zero-order chi connectivity index (χ0) is 23.6. The van der Waals surface area contributed by atoms with E-state index < -0.39 is 7.92 Å². The first-order valence-electron chi connectivity index (χ1n) is 11.6. The Hall–Kier alpha value is -4.07. The predicted octanol–water partition coefficient (Wildman–Crippen LogP) is 6.22. The van der Waals surface area contributed by atoms with E-state index in [0.717, 1.165) is 22.0 Å². The standard InChI is InChI=1S/C31H23N2OP/c1-34-31-27-19-11-10-18-26(27)30(32-33-31)29-25-17-9-8-12-22(25)20-21-28(29)35(23-13-4-2-5-14-23)24-15-6-3-7-16-24/h2-21H,1H3. The van der Waals surface area contributed by atoms with E-state index in [9.17, 15) is 0 Å². The molecule has 0 fully saturated rings. The lowest BCUT2D eigenvalue weighted by atomic mass is 9.98. The van der Waals surface area contributed by atoms with Crippen molar-refractivity contribution in [1.82, 2.24) is 10.2 Å². The molecule has 0 aliphatic heterocycles. The second-order valence-corrected chi connectivity index (χ2v) is 10.5. The average molecular weight is 471 g/mol. The van der Waals surface area contributed by atoms with Crippen LogP contribution in [0.5, 0.6) is 5.88 Å². The van der Waals surface area contributed by atoms with Crippen molar-refractivity contribution in [2.45, 2.75) is 0 Å². The molecule has 0 N–H and O–H groups in total. The van der Waals surface area contributed by atoms with Crippen LogP contribution in [0, 0.1) is 0 Å². The van der Waals surface area contributed by atoms with E-state index >= 15 is 0 Å². The van der Waals surface area contributed by atoms with E-state index in [1.165, 1.54) is 26.7 Å². The maximum Gasteiger partial charge on any atom is 0.241 e. The second-order valence-electron chi connectivity index (χ2n) is 8.29. The van der Waals surface area contributed by atoms with E-state index in [0.29, 0.717) is 5.88 Å². The van der Waals surface area contributed by atoms with Gasteiger partial charge in [0, 0.05) is 16.3 Å². The normalized spacial score (nSPS) is 11.3. The molecule has 3 nitrogen and oxygen atoms in total. The van der Waals surface area contributed by atoms with Crippen LogP contribution >= 0.6 is 7.92 Å².